The maximum Gasteiger partial charge on any atom is 0.157 e. The third kappa shape index (κ3) is 6.76. The summed E-state index contributed by atoms with van der Waals surface area (Å²) in [5, 5.41) is 0. The van der Waals surface area contributed by atoms with E-state index in [1.807, 2.05) is 0 Å². The number of unbranched alkanes of at least 4 members (excludes halogenated alkanes) is 5. The zero-order chi connectivity index (χ0) is 13.9. The fourth-order valence-electron chi connectivity index (χ4n) is 2.90. The maximum atomic E-state index is 6.14. The van der Waals surface area contributed by atoms with Crippen LogP contribution in [0, 0.1) is 5.92 Å². The van der Waals surface area contributed by atoms with Gasteiger partial charge in [-0.3, -0.25) is 0 Å². The van der Waals surface area contributed by atoms with E-state index in [1.165, 1.54) is 57.8 Å². The van der Waals surface area contributed by atoms with Crippen molar-refractivity contribution < 1.29 is 9.47 Å². The fourth-order valence-corrected chi connectivity index (χ4v) is 2.90. The second-order valence-electron chi connectivity index (χ2n) is 5.95. The Hall–Kier alpha value is -0.0800. The first-order valence-corrected chi connectivity index (χ1v) is 8.58. The van der Waals surface area contributed by atoms with Gasteiger partial charge in [0.25, 0.3) is 0 Å². The van der Waals surface area contributed by atoms with E-state index in [0.29, 0.717) is 12.0 Å². The number of ether oxygens (including phenoxy) is 2. The molecule has 0 saturated carbocycles. The monoisotopic (exact) mass is 270 g/mol. The Bertz CT molecular complexity index is 205. The van der Waals surface area contributed by atoms with E-state index in [2.05, 4.69) is 20.8 Å². The second kappa shape index (κ2) is 10.7. The van der Waals surface area contributed by atoms with Gasteiger partial charge < -0.3 is 9.47 Å². The van der Waals surface area contributed by atoms with Gasteiger partial charge in [-0.1, -0.05) is 59.3 Å². The van der Waals surface area contributed by atoms with Crippen molar-refractivity contribution in [2.75, 3.05) is 6.61 Å². The highest BCUT2D eigenvalue weighted by molar-refractivity contribution is 4.73. The molecule has 0 unspecified atom stereocenters. The average Bonchev–Trinajstić information content (AvgIpc) is 2.43. The van der Waals surface area contributed by atoms with Gasteiger partial charge in [-0.2, -0.15) is 0 Å². The Kier molecular flexibility index (Phi) is 9.54. The van der Waals surface area contributed by atoms with Crippen LogP contribution in [0.5, 0.6) is 0 Å². The minimum atomic E-state index is 0.0746. The highest BCUT2D eigenvalue weighted by Gasteiger charge is 2.29. The van der Waals surface area contributed by atoms with Crippen LogP contribution in [0.1, 0.15) is 85.0 Å². The van der Waals surface area contributed by atoms with E-state index in [4.69, 9.17) is 9.47 Å². The van der Waals surface area contributed by atoms with Crippen LogP contribution in [0.3, 0.4) is 0 Å². The Morgan fingerprint density at radius 1 is 0.842 bits per heavy atom. The third-order valence-electron chi connectivity index (χ3n) is 4.24. The van der Waals surface area contributed by atoms with E-state index >= 15 is 0 Å². The van der Waals surface area contributed by atoms with Crippen molar-refractivity contribution in [3.05, 3.63) is 0 Å². The van der Waals surface area contributed by atoms with Gasteiger partial charge in [-0.05, 0) is 25.7 Å². The highest BCUT2D eigenvalue weighted by atomic mass is 16.7. The molecule has 2 nitrogen and oxygen atoms in total. The molecule has 0 aromatic rings. The quantitative estimate of drug-likeness (QED) is 0.501. The largest absolute Gasteiger partial charge is 0.352 e. The lowest BCUT2D eigenvalue weighted by molar-refractivity contribution is -0.240. The Morgan fingerprint density at radius 2 is 1.58 bits per heavy atom. The molecule has 1 saturated heterocycles. The zero-order valence-corrected chi connectivity index (χ0v) is 13.3. The van der Waals surface area contributed by atoms with Gasteiger partial charge in [0, 0.05) is 5.92 Å². The highest BCUT2D eigenvalue weighted by Crippen LogP contribution is 2.27. The molecular weight excluding hydrogens is 236 g/mol. The van der Waals surface area contributed by atoms with Crippen molar-refractivity contribution in [1.29, 1.82) is 0 Å². The van der Waals surface area contributed by atoms with Crippen molar-refractivity contribution in [2.24, 2.45) is 5.92 Å². The van der Waals surface area contributed by atoms with Crippen LogP contribution in [0.2, 0.25) is 0 Å². The minimum absolute atomic E-state index is 0.0746. The topological polar surface area (TPSA) is 18.5 Å². The molecule has 0 aromatic carbocycles. The van der Waals surface area contributed by atoms with Crippen LogP contribution in [-0.2, 0) is 9.47 Å². The van der Waals surface area contributed by atoms with E-state index in [-0.39, 0.29) is 6.29 Å². The van der Waals surface area contributed by atoms with Gasteiger partial charge >= 0.3 is 0 Å². The van der Waals surface area contributed by atoms with E-state index < -0.39 is 0 Å². The summed E-state index contributed by atoms with van der Waals surface area (Å²) in [6.07, 6.45) is 13.2. The lowest BCUT2D eigenvalue weighted by Crippen LogP contribution is -2.39. The molecule has 0 amide bonds. The van der Waals surface area contributed by atoms with Gasteiger partial charge in [0.1, 0.15) is 0 Å². The van der Waals surface area contributed by atoms with Gasteiger partial charge in [0.15, 0.2) is 6.29 Å². The Morgan fingerprint density at radius 3 is 2.26 bits per heavy atom. The SMILES string of the molecule is CCCCCCCC[C@@H]1OC[C@H](CC)[C@H](CCC)O1. The average molecular weight is 270 g/mol. The van der Waals surface area contributed by atoms with E-state index in [0.717, 1.165) is 13.0 Å². The molecule has 1 heterocycles. The van der Waals surface area contributed by atoms with Crippen LogP contribution in [0.25, 0.3) is 0 Å². The molecule has 0 N–H and O–H groups in total. The molecule has 114 valence electrons. The summed E-state index contributed by atoms with van der Waals surface area (Å²) < 4.78 is 12.0. The van der Waals surface area contributed by atoms with Crippen molar-refractivity contribution >= 4 is 0 Å². The van der Waals surface area contributed by atoms with Crippen LogP contribution in [-0.4, -0.2) is 19.0 Å². The second-order valence-corrected chi connectivity index (χ2v) is 5.95. The summed E-state index contributed by atoms with van der Waals surface area (Å²) in [5.41, 5.74) is 0. The van der Waals surface area contributed by atoms with Crippen molar-refractivity contribution in [3.63, 3.8) is 0 Å². The first-order valence-electron chi connectivity index (χ1n) is 8.58. The van der Waals surface area contributed by atoms with Gasteiger partial charge in [-0.15, -0.1) is 0 Å². The summed E-state index contributed by atoms with van der Waals surface area (Å²) in [6.45, 7) is 7.66. The number of hydrogen-bond donors (Lipinski definition) is 0. The molecule has 0 aromatic heterocycles. The van der Waals surface area contributed by atoms with Crippen molar-refractivity contribution in [3.8, 4) is 0 Å². The molecular formula is C17H34O2. The molecule has 1 aliphatic heterocycles. The Labute approximate surface area is 120 Å². The lowest BCUT2D eigenvalue weighted by Gasteiger charge is -2.36. The molecule has 2 heteroatoms. The number of rotatable bonds is 10. The van der Waals surface area contributed by atoms with Crippen molar-refractivity contribution in [2.45, 2.75) is 97.4 Å². The first kappa shape index (κ1) is 17.0. The van der Waals surface area contributed by atoms with Crippen LogP contribution >= 0.6 is 0 Å². The predicted octanol–water partition coefficient (Wildman–Crippen LogP) is 5.30. The smallest absolute Gasteiger partial charge is 0.157 e. The fraction of sp³-hybridized carbons (Fsp3) is 1.00. The summed E-state index contributed by atoms with van der Waals surface area (Å²) in [6, 6.07) is 0. The molecule has 1 fully saturated rings. The molecule has 0 spiro atoms. The first-order chi connectivity index (χ1) is 9.31. The van der Waals surface area contributed by atoms with Crippen LogP contribution in [0.4, 0.5) is 0 Å². The summed E-state index contributed by atoms with van der Waals surface area (Å²) >= 11 is 0. The standard InChI is InChI=1S/C17H34O2/c1-4-7-8-9-10-11-13-17-18-14-15(6-3)16(19-17)12-5-2/h15-17H,4-14H2,1-3H3/t15-,16-,17+/m0/s1. The lowest BCUT2D eigenvalue weighted by atomic mass is 9.95. The molecule has 0 aliphatic carbocycles. The molecule has 0 radical (unpaired) electrons. The normalized spacial score (nSPS) is 27.6. The molecule has 1 aliphatic rings. The molecule has 3 atom stereocenters. The third-order valence-corrected chi connectivity index (χ3v) is 4.24. The summed E-state index contributed by atoms with van der Waals surface area (Å²) in [7, 11) is 0. The zero-order valence-electron chi connectivity index (χ0n) is 13.3. The van der Waals surface area contributed by atoms with E-state index in [1.54, 1.807) is 0 Å². The summed E-state index contributed by atoms with van der Waals surface area (Å²) in [4.78, 5) is 0. The van der Waals surface area contributed by atoms with E-state index in [9.17, 15) is 0 Å². The molecule has 0 bridgehead atoms. The molecule has 19 heavy (non-hydrogen) atoms. The summed E-state index contributed by atoms with van der Waals surface area (Å²) in [5.74, 6) is 0.612. The number of hydrogen-bond acceptors (Lipinski definition) is 2. The van der Waals surface area contributed by atoms with Gasteiger partial charge in [0.2, 0.25) is 0 Å². The van der Waals surface area contributed by atoms with Gasteiger partial charge in [0.05, 0.1) is 12.7 Å². The maximum absolute atomic E-state index is 6.14. The van der Waals surface area contributed by atoms with Crippen molar-refractivity contribution in [1.82, 2.24) is 0 Å². The minimum Gasteiger partial charge on any atom is -0.352 e. The Balaban J connectivity index is 2.13. The van der Waals surface area contributed by atoms with Gasteiger partial charge in [-0.25, -0.2) is 0 Å². The predicted molar refractivity (Wildman–Crippen MR) is 81.3 cm³/mol. The molecule has 1 rings (SSSR count). The van der Waals surface area contributed by atoms with Crippen LogP contribution in [0.15, 0.2) is 0 Å². The van der Waals surface area contributed by atoms with Crippen LogP contribution < -0.4 is 0 Å².